The van der Waals surface area contributed by atoms with Crippen molar-refractivity contribution in [2.45, 2.75) is 45.6 Å². The molecule has 1 saturated carbocycles. The number of hydrogen-bond acceptors (Lipinski definition) is 4. The summed E-state index contributed by atoms with van der Waals surface area (Å²) < 4.78 is 0. The Morgan fingerprint density at radius 2 is 1.87 bits per heavy atom. The maximum absolute atomic E-state index is 12.9. The minimum absolute atomic E-state index is 0.120. The number of hydrogen-bond donors (Lipinski definition) is 2. The zero-order valence-electron chi connectivity index (χ0n) is 17.3. The Morgan fingerprint density at radius 3 is 2.40 bits per heavy atom. The molecule has 2 fully saturated rings. The molecule has 2 aliphatic rings. The highest BCUT2D eigenvalue weighted by molar-refractivity contribution is 6.34. The molecular weight excluding hydrogens is 427 g/mol. The number of amides is 1. The smallest absolute Gasteiger partial charge is 0.305 e. The predicted octanol–water partition coefficient (Wildman–Crippen LogP) is 3.95. The van der Waals surface area contributed by atoms with Crippen molar-refractivity contribution in [3.8, 4) is 0 Å². The molecule has 1 amide bonds. The fourth-order valence-corrected chi connectivity index (χ4v) is 5.38. The second-order valence-corrected chi connectivity index (χ2v) is 9.71. The third-order valence-corrected chi connectivity index (χ3v) is 7.03. The number of ketones is 1. The van der Waals surface area contributed by atoms with E-state index in [0.29, 0.717) is 22.0 Å². The number of benzene rings is 1. The van der Waals surface area contributed by atoms with E-state index >= 15 is 0 Å². The van der Waals surface area contributed by atoms with E-state index in [9.17, 15) is 19.5 Å². The van der Waals surface area contributed by atoms with Gasteiger partial charge in [0.2, 0.25) is 5.91 Å². The quantitative estimate of drug-likeness (QED) is 0.589. The first-order valence-corrected chi connectivity index (χ1v) is 11.1. The van der Waals surface area contributed by atoms with Crippen LogP contribution in [-0.4, -0.2) is 47.3 Å². The average Bonchev–Trinajstić information content (AvgIpc) is 2.59. The van der Waals surface area contributed by atoms with Crippen LogP contribution < -0.4 is 5.32 Å². The number of likely N-dealkylation sites (tertiary alicyclic amines) is 1. The molecule has 1 aromatic carbocycles. The summed E-state index contributed by atoms with van der Waals surface area (Å²) in [6, 6.07) is 4.16. The zero-order valence-corrected chi connectivity index (χ0v) is 18.8. The van der Waals surface area contributed by atoms with E-state index < -0.39 is 12.0 Å². The van der Waals surface area contributed by atoms with Crippen molar-refractivity contribution < 1.29 is 19.5 Å². The van der Waals surface area contributed by atoms with Crippen LogP contribution in [0.4, 0.5) is 0 Å². The van der Waals surface area contributed by atoms with Crippen molar-refractivity contribution in [3.05, 3.63) is 33.8 Å². The Hall–Kier alpha value is -1.63. The molecule has 0 radical (unpaired) electrons. The minimum atomic E-state index is -1.00. The van der Waals surface area contributed by atoms with Gasteiger partial charge in [-0.2, -0.15) is 0 Å². The molecule has 1 aromatic rings. The number of Topliss-reactive ketones (excluding diaryl/α,β-unsaturated/α-hetero) is 1. The molecule has 1 heterocycles. The van der Waals surface area contributed by atoms with E-state index in [1.807, 2.05) is 0 Å². The molecule has 0 aromatic heterocycles. The molecule has 1 saturated heterocycles. The standard InChI is InChI=1S/C22H28Cl2N2O4/c1-13(27)4-3-5-26-11-22(12-26)10-18(14(22)2)21(30)25-19(9-20(28)29)15-6-16(23)8-17(24)7-15/h6-8,14,18-19H,3-5,9-12H2,1-2H3,(H,25,30)(H,28,29). The number of carbonyl (C=O) groups excluding carboxylic acids is 2. The molecule has 8 heteroatoms. The van der Waals surface area contributed by atoms with E-state index in [-0.39, 0.29) is 35.4 Å². The average molecular weight is 455 g/mol. The highest BCUT2D eigenvalue weighted by Crippen LogP contribution is 2.56. The Kier molecular flexibility index (Phi) is 7.10. The summed E-state index contributed by atoms with van der Waals surface area (Å²) in [6.45, 7) is 6.55. The van der Waals surface area contributed by atoms with Crippen LogP contribution in [0.5, 0.6) is 0 Å². The van der Waals surface area contributed by atoms with Crippen LogP contribution >= 0.6 is 23.2 Å². The molecule has 1 aliphatic carbocycles. The minimum Gasteiger partial charge on any atom is -0.481 e. The van der Waals surface area contributed by atoms with Crippen LogP contribution in [0.3, 0.4) is 0 Å². The first-order chi connectivity index (χ1) is 14.1. The van der Waals surface area contributed by atoms with Crippen LogP contribution in [0, 0.1) is 17.3 Å². The molecule has 3 atom stereocenters. The van der Waals surface area contributed by atoms with Gasteiger partial charge in [-0.3, -0.25) is 9.59 Å². The summed E-state index contributed by atoms with van der Waals surface area (Å²) in [5.41, 5.74) is 0.755. The van der Waals surface area contributed by atoms with E-state index in [1.54, 1.807) is 25.1 Å². The molecule has 3 unspecified atom stereocenters. The van der Waals surface area contributed by atoms with E-state index in [4.69, 9.17) is 23.2 Å². The number of nitrogens with zero attached hydrogens (tertiary/aromatic N) is 1. The van der Waals surface area contributed by atoms with Gasteiger partial charge in [-0.15, -0.1) is 0 Å². The van der Waals surface area contributed by atoms with Gasteiger partial charge < -0.3 is 20.1 Å². The number of rotatable bonds is 9. The van der Waals surface area contributed by atoms with Gasteiger partial charge in [-0.25, -0.2) is 0 Å². The fourth-order valence-electron chi connectivity index (χ4n) is 4.84. The number of nitrogens with one attached hydrogen (secondary N) is 1. The molecule has 6 nitrogen and oxygen atoms in total. The van der Waals surface area contributed by atoms with Gasteiger partial charge in [0.05, 0.1) is 12.5 Å². The number of carboxylic acid groups (broad SMARTS) is 1. The second kappa shape index (κ2) is 9.25. The van der Waals surface area contributed by atoms with Crippen LogP contribution in [0.25, 0.3) is 0 Å². The Balaban J connectivity index is 1.56. The lowest BCUT2D eigenvalue weighted by atomic mass is 9.50. The van der Waals surface area contributed by atoms with Crippen molar-refractivity contribution in [2.24, 2.45) is 17.3 Å². The SMILES string of the molecule is CC(=O)CCCN1CC2(CC(C(=O)NC(CC(=O)O)c3cc(Cl)cc(Cl)c3)C2C)C1. The fraction of sp³-hybridized carbons (Fsp3) is 0.591. The Labute approximate surface area is 186 Å². The van der Waals surface area contributed by atoms with Crippen molar-refractivity contribution in [3.63, 3.8) is 0 Å². The molecular formula is C22H28Cl2N2O4. The van der Waals surface area contributed by atoms with Gasteiger partial charge in [0.15, 0.2) is 0 Å². The summed E-state index contributed by atoms with van der Waals surface area (Å²) in [4.78, 5) is 37.7. The zero-order chi connectivity index (χ0) is 22.1. The highest BCUT2D eigenvalue weighted by Gasteiger charge is 2.59. The normalized spacial score (nSPS) is 23.3. The largest absolute Gasteiger partial charge is 0.481 e. The number of carboxylic acids is 1. The first kappa shape index (κ1) is 23.0. The summed E-state index contributed by atoms with van der Waals surface area (Å²) in [6.07, 6.45) is 2.06. The Bertz CT molecular complexity index is 818. The number of carbonyl (C=O) groups is 3. The van der Waals surface area contributed by atoms with Gasteiger partial charge >= 0.3 is 5.97 Å². The van der Waals surface area contributed by atoms with E-state index in [2.05, 4.69) is 17.1 Å². The maximum Gasteiger partial charge on any atom is 0.305 e. The van der Waals surface area contributed by atoms with Crippen LogP contribution in [0.2, 0.25) is 10.0 Å². The Morgan fingerprint density at radius 1 is 1.23 bits per heavy atom. The van der Waals surface area contributed by atoms with E-state index in [1.165, 1.54) is 0 Å². The van der Waals surface area contributed by atoms with Gasteiger partial charge in [0.25, 0.3) is 0 Å². The number of halogens is 2. The van der Waals surface area contributed by atoms with Gasteiger partial charge in [0.1, 0.15) is 5.78 Å². The molecule has 1 spiro atoms. The number of aliphatic carboxylic acids is 1. The van der Waals surface area contributed by atoms with Gasteiger partial charge in [0, 0.05) is 35.5 Å². The molecule has 3 rings (SSSR count). The maximum atomic E-state index is 12.9. The summed E-state index contributed by atoms with van der Waals surface area (Å²) in [7, 11) is 0. The van der Waals surface area contributed by atoms with Crippen molar-refractivity contribution in [1.29, 1.82) is 0 Å². The van der Waals surface area contributed by atoms with Crippen molar-refractivity contribution >= 4 is 40.9 Å². The highest BCUT2D eigenvalue weighted by atomic mass is 35.5. The lowest BCUT2D eigenvalue weighted by Crippen LogP contribution is -2.68. The lowest BCUT2D eigenvalue weighted by Gasteiger charge is -2.63. The molecule has 2 N–H and O–H groups in total. The predicted molar refractivity (Wildman–Crippen MR) is 116 cm³/mol. The van der Waals surface area contributed by atoms with Crippen molar-refractivity contribution in [2.75, 3.05) is 19.6 Å². The molecule has 164 valence electrons. The topological polar surface area (TPSA) is 86.7 Å². The van der Waals surface area contributed by atoms with Crippen LogP contribution in [0.15, 0.2) is 18.2 Å². The third-order valence-electron chi connectivity index (χ3n) is 6.60. The van der Waals surface area contributed by atoms with Crippen LogP contribution in [-0.2, 0) is 14.4 Å². The van der Waals surface area contributed by atoms with Crippen LogP contribution in [0.1, 0.15) is 51.1 Å². The summed E-state index contributed by atoms with van der Waals surface area (Å²) in [5, 5.41) is 13.0. The second-order valence-electron chi connectivity index (χ2n) is 8.84. The molecule has 1 aliphatic heterocycles. The molecule has 30 heavy (non-hydrogen) atoms. The summed E-state index contributed by atoms with van der Waals surface area (Å²) in [5.74, 6) is -0.804. The lowest BCUT2D eigenvalue weighted by molar-refractivity contribution is -0.167. The first-order valence-electron chi connectivity index (χ1n) is 10.3. The molecule has 0 bridgehead atoms. The third kappa shape index (κ3) is 5.16. The van der Waals surface area contributed by atoms with E-state index in [0.717, 1.165) is 32.5 Å². The van der Waals surface area contributed by atoms with Gasteiger partial charge in [-0.1, -0.05) is 30.1 Å². The monoisotopic (exact) mass is 454 g/mol. The van der Waals surface area contributed by atoms with Crippen molar-refractivity contribution in [1.82, 2.24) is 10.2 Å². The summed E-state index contributed by atoms with van der Waals surface area (Å²) >= 11 is 12.1. The van der Waals surface area contributed by atoms with Gasteiger partial charge in [-0.05, 0) is 61.4 Å².